The number of carbonyl (C=O) groups is 1. The maximum atomic E-state index is 12.7. The highest BCUT2D eigenvalue weighted by molar-refractivity contribution is 6.36. The molecule has 0 atom stereocenters. The molecule has 0 saturated carbocycles. The number of carbonyl (C=O) groups excluding carboxylic acids is 1. The van der Waals surface area contributed by atoms with Crippen LogP contribution < -0.4 is 5.32 Å². The summed E-state index contributed by atoms with van der Waals surface area (Å²) in [5.74, 6) is 0.00705. The van der Waals surface area contributed by atoms with Gasteiger partial charge in [0.2, 0.25) is 0 Å². The van der Waals surface area contributed by atoms with Crippen LogP contribution >= 0.6 is 0 Å². The van der Waals surface area contributed by atoms with Crippen molar-refractivity contribution in [2.75, 3.05) is 33.9 Å². The second kappa shape index (κ2) is 20.3. The fourth-order valence-corrected chi connectivity index (χ4v) is 5.61. The lowest BCUT2D eigenvalue weighted by atomic mass is 10.0. The van der Waals surface area contributed by atoms with Gasteiger partial charge in [-0.25, -0.2) is 4.79 Å². The number of nitrogens with zero attached hydrogens (tertiary/aromatic N) is 1. The molecule has 0 aromatic rings. The number of rotatable bonds is 7. The van der Waals surface area contributed by atoms with Gasteiger partial charge in [-0.15, -0.1) is 0 Å². The largest absolute Gasteiger partial charge is 0.360 e. The third-order valence-corrected chi connectivity index (χ3v) is 8.36. The summed E-state index contributed by atoms with van der Waals surface area (Å²) in [6.45, 7) is 2.57. The molecule has 1 heterocycles. The Balaban J connectivity index is 2.37. The number of nitrogens with one attached hydrogen (secondary N) is 1. The van der Waals surface area contributed by atoms with Gasteiger partial charge in [0.15, 0.2) is 0 Å². The zero-order chi connectivity index (χ0) is 21.7. The van der Waals surface area contributed by atoms with E-state index in [9.17, 15) is 4.79 Å². The number of methoxy groups -OCH3 is 2. The van der Waals surface area contributed by atoms with Crippen molar-refractivity contribution >= 4 is 15.6 Å². The summed E-state index contributed by atoms with van der Waals surface area (Å²) in [5, 5.41) is 3.18. The molecule has 0 radical (unpaired) electrons. The summed E-state index contributed by atoms with van der Waals surface area (Å²) in [6, 6.07) is 1.29. The molecule has 1 aliphatic rings. The van der Waals surface area contributed by atoms with E-state index in [0.717, 1.165) is 44.9 Å². The van der Waals surface area contributed by atoms with E-state index in [0.29, 0.717) is 0 Å². The smallest absolute Gasteiger partial charge is 0.317 e. The summed E-state index contributed by atoms with van der Waals surface area (Å²) in [4.78, 5) is 14.8. The zero-order valence-electron chi connectivity index (χ0n) is 20.1. The minimum atomic E-state index is -0.406. The van der Waals surface area contributed by atoms with Crippen molar-refractivity contribution in [1.82, 2.24) is 10.2 Å². The summed E-state index contributed by atoms with van der Waals surface area (Å²) < 4.78 is 10.6. The van der Waals surface area contributed by atoms with Crippen molar-refractivity contribution in [3.63, 3.8) is 0 Å². The van der Waals surface area contributed by atoms with Crippen molar-refractivity contribution in [2.45, 2.75) is 115 Å². The Kier molecular flexibility index (Phi) is 18.6. The number of hydrogen-bond donors (Lipinski definition) is 1. The van der Waals surface area contributed by atoms with Gasteiger partial charge in [-0.2, -0.15) is 0 Å². The fourth-order valence-electron chi connectivity index (χ4n) is 4.29. The molecule has 0 spiro atoms. The Morgan fingerprint density at radius 2 is 1.27 bits per heavy atom. The van der Waals surface area contributed by atoms with Crippen LogP contribution in [-0.2, 0) is 9.47 Å². The van der Waals surface area contributed by atoms with Crippen LogP contribution in [-0.4, -0.2) is 60.2 Å². The van der Waals surface area contributed by atoms with Crippen molar-refractivity contribution in [1.29, 1.82) is 0 Å². The van der Waals surface area contributed by atoms with Gasteiger partial charge in [-0.3, -0.25) is 0 Å². The molecule has 0 bridgehead atoms. The van der Waals surface area contributed by atoms with Crippen LogP contribution in [0.25, 0.3) is 0 Å². The monoisotopic (exact) mass is 442 g/mol. The highest BCUT2D eigenvalue weighted by atomic mass is 28.2. The molecule has 1 rings (SSSR count). The molecule has 1 saturated heterocycles. The maximum absolute atomic E-state index is 12.7. The predicted molar refractivity (Wildman–Crippen MR) is 130 cm³/mol. The number of urea groups is 1. The highest BCUT2D eigenvalue weighted by Gasteiger charge is 2.13. The highest BCUT2D eigenvalue weighted by Crippen LogP contribution is 2.14. The molecule has 5 nitrogen and oxygen atoms in total. The topological polar surface area (TPSA) is 50.8 Å². The van der Waals surface area contributed by atoms with E-state index < -0.39 is 9.52 Å². The molecule has 1 fully saturated rings. The van der Waals surface area contributed by atoms with E-state index >= 15 is 0 Å². The van der Waals surface area contributed by atoms with Gasteiger partial charge < -0.3 is 19.7 Å². The third kappa shape index (κ3) is 15.2. The standard InChI is InChI=1S/C24H50N2O3Si/c1-28-24(29-2)30-22-18-21-26-20-17-15-13-11-9-7-5-3-4-6-8-10-12-14-16-19-25-23(26)27/h24H,3-22,30H2,1-2H3,(H,25,27). The third-order valence-electron chi connectivity index (χ3n) is 6.31. The van der Waals surface area contributed by atoms with E-state index in [1.165, 1.54) is 83.5 Å². The van der Waals surface area contributed by atoms with Crippen LogP contribution in [0.2, 0.25) is 6.04 Å². The SMILES string of the molecule is COC(OC)[SiH2]CCCN1CCCCCCCCCCCCCCCCCNC1=O. The average Bonchev–Trinajstić information content (AvgIpc) is 2.76. The van der Waals surface area contributed by atoms with Gasteiger partial charge in [-0.1, -0.05) is 89.5 Å². The number of ether oxygens (including phenoxy) is 2. The Morgan fingerprint density at radius 3 is 1.77 bits per heavy atom. The van der Waals surface area contributed by atoms with Gasteiger partial charge in [0.25, 0.3) is 0 Å². The van der Waals surface area contributed by atoms with Crippen LogP contribution in [0, 0.1) is 0 Å². The quantitative estimate of drug-likeness (QED) is 0.325. The van der Waals surface area contributed by atoms with Crippen LogP contribution in [0.15, 0.2) is 0 Å². The number of amides is 2. The van der Waals surface area contributed by atoms with Gasteiger partial charge in [0, 0.05) is 33.9 Å². The lowest BCUT2D eigenvalue weighted by Crippen LogP contribution is -2.41. The van der Waals surface area contributed by atoms with E-state index in [2.05, 4.69) is 10.2 Å². The molecule has 2 amide bonds. The fraction of sp³-hybridized carbons (Fsp3) is 0.958. The first kappa shape index (κ1) is 27.4. The maximum Gasteiger partial charge on any atom is 0.317 e. The second-order valence-corrected chi connectivity index (χ2v) is 10.9. The van der Waals surface area contributed by atoms with Gasteiger partial charge >= 0.3 is 6.03 Å². The van der Waals surface area contributed by atoms with Crippen molar-refractivity contribution in [3.05, 3.63) is 0 Å². The second-order valence-electron chi connectivity index (χ2n) is 8.92. The lowest BCUT2D eigenvalue weighted by molar-refractivity contribution is -0.0441. The Labute approximate surface area is 188 Å². The van der Waals surface area contributed by atoms with Gasteiger partial charge in [0.1, 0.15) is 5.91 Å². The molecule has 0 aliphatic carbocycles. The minimum absolute atomic E-state index is 0.00705. The van der Waals surface area contributed by atoms with Crippen molar-refractivity contribution in [2.24, 2.45) is 0 Å². The Morgan fingerprint density at radius 1 is 0.800 bits per heavy atom. The van der Waals surface area contributed by atoms with Gasteiger partial charge in [0.05, 0.1) is 9.52 Å². The minimum Gasteiger partial charge on any atom is -0.360 e. The van der Waals surface area contributed by atoms with E-state index in [4.69, 9.17) is 9.47 Å². The number of hydrogen-bond acceptors (Lipinski definition) is 3. The summed E-state index contributed by atoms with van der Waals surface area (Å²) in [6.07, 6.45) is 21.0. The molecular weight excluding hydrogens is 392 g/mol. The first-order chi connectivity index (χ1) is 14.8. The van der Waals surface area contributed by atoms with Crippen LogP contribution in [0.5, 0.6) is 0 Å². The molecule has 178 valence electrons. The van der Waals surface area contributed by atoms with Crippen LogP contribution in [0.1, 0.15) is 103 Å². The Bertz CT molecular complexity index is 395. The van der Waals surface area contributed by atoms with Gasteiger partial charge in [-0.05, 0) is 19.3 Å². The van der Waals surface area contributed by atoms with Crippen molar-refractivity contribution in [3.8, 4) is 0 Å². The molecule has 0 aromatic heterocycles. The normalized spacial score (nSPS) is 20.5. The van der Waals surface area contributed by atoms with E-state index in [1.54, 1.807) is 14.2 Å². The molecule has 1 N–H and O–H groups in total. The molecule has 6 heteroatoms. The Hall–Kier alpha value is -0.593. The average molecular weight is 443 g/mol. The van der Waals surface area contributed by atoms with E-state index in [1.807, 2.05) is 0 Å². The van der Waals surface area contributed by atoms with Crippen LogP contribution in [0.3, 0.4) is 0 Å². The van der Waals surface area contributed by atoms with Crippen LogP contribution in [0.4, 0.5) is 4.79 Å². The summed E-state index contributed by atoms with van der Waals surface area (Å²) in [5.41, 5.74) is 0. The molecule has 0 unspecified atom stereocenters. The lowest BCUT2D eigenvalue weighted by Gasteiger charge is -2.23. The van der Waals surface area contributed by atoms with E-state index in [-0.39, 0.29) is 11.9 Å². The first-order valence-corrected chi connectivity index (χ1v) is 14.7. The first-order valence-electron chi connectivity index (χ1n) is 12.9. The summed E-state index contributed by atoms with van der Waals surface area (Å²) >= 11 is 0. The molecule has 1 aliphatic heterocycles. The molecule has 30 heavy (non-hydrogen) atoms. The molecular formula is C24H50N2O3Si. The summed E-state index contributed by atoms with van der Waals surface area (Å²) in [7, 11) is 3.02. The predicted octanol–water partition coefficient (Wildman–Crippen LogP) is 5.42. The zero-order valence-corrected chi connectivity index (χ0v) is 21.5. The van der Waals surface area contributed by atoms with Crippen molar-refractivity contribution < 1.29 is 14.3 Å². The molecule has 0 aromatic carbocycles.